The third-order valence-electron chi connectivity index (χ3n) is 10.9. The largest absolute Gasteiger partial charge is 0.356 e. The lowest BCUT2D eigenvalue weighted by atomic mass is 9.74. The maximum absolute atomic E-state index is 14.6. The molecule has 0 radical (unpaired) electrons. The fourth-order valence-electron chi connectivity index (χ4n) is 7.69. The molecule has 3 aromatic carbocycles. The topological polar surface area (TPSA) is 131 Å². The van der Waals surface area contributed by atoms with Gasteiger partial charge in [-0.05, 0) is 60.9 Å². The second kappa shape index (κ2) is 19.1. The van der Waals surface area contributed by atoms with Crippen molar-refractivity contribution in [1.82, 2.24) is 30.7 Å². The molecule has 1 unspecified atom stereocenters. The highest BCUT2D eigenvalue weighted by atomic mass is 16.2. The van der Waals surface area contributed by atoms with Crippen LogP contribution < -0.4 is 16.0 Å². The van der Waals surface area contributed by atoms with Gasteiger partial charge in [-0.3, -0.25) is 19.2 Å². The summed E-state index contributed by atoms with van der Waals surface area (Å²) in [6.45, 7) is 11.0. The minimum absolute atomic E-state index is 0.0265. The van der Waals surface area contributed by atoms with E-state index in [2.05, 4.69) is 22.0 Å². The van der Waals surface area contributed by atoms with Crippen LogP contribution in [0.4, 0.5) is 4.79 Å². The number of carbonyl (C=O) groups is 5. The molecule has 6 amide bonds. The Morgan fingerprint density at radius 2 is 1.44 bits per heavy atom. The molecular weight excluding hydrogens is 693 g/mol. The van der Waals surface area contributed by atoms with E-state index in [0.29, 0.717) is 77.9 Å². The minimum Gasteiger partial charge on any atom is -0.356 e. The van der Waals surface area contributed by atoms with Crippen molar-refractivity contribution in [3.05, 3.63) is 83.9 Å². The molecule has 3 aromatic rings. The molecule has 2 aliphatic rings. The van der Waals surface area contributed by atoms with Crippen molar-refractivity contribution in [2.45, 2.75) is 85.1 Å². The molecule has 55 heavy (non-hydrogen) atoms. The molecule has 3 N–H and O–H groups in total. The Hall–Kier alpha value is -4.93. The molecule has 2 fully saturated rings. The summed E-state index contributed by atoms with van der Waals surface area (Å²) in [7, 11) is 0. The molecule has 2 atom stereocenters. The summed E-state index contributed by atoms with van der Waals surface area (Å²) < 4.78 is 0. The molecule has 0 aromatic heterocycles. The van der Waals surface area contributed by atoms with Gasteiger partial charge in [0.15, 0.2) is 0 Å². The zero-order valence-electron chi connectivity index (χ0n) is 33.2. The minimum atomic E-state index is -0.844. The van der Waals surface area contributed by atoms with Crippen LogP contribution >= 0.6 is 0 Å². The number of nitrogens with one attached hydrogen (secondary N) is 3. The number of benzene rings is 3. The van der Waals surface area contributed by atoms with Gasteiger partial charge in [-0.1, -0.05) is 100.0 Å². The Balaban J connectivity index is 1.22. The van der Waals surface area contributed by atoms with Crippen LogP contribution in [-0.2, 0) is 32.0 Å². The van der Waals surface area contributed by atoms with Gasteiger partial charge in [0.25, 0.3) is 0 Å². The highest BCUT2D eigenvalue weighted by Gasteiger charge is 2.44. The number of rotatable bonds is 14. The van der Waals surface area contributed by atoms with Crippen molar-refractivity contribution in [1.29, 1.82) is 0 Å². The number of hydrogen-bond acceptors (Lipinski definition) is 5. The molecular formula is C44H60N6O5. The van der Waals surface area contributed by atoms with Crippen LogP contribution in [0.25, 0.3) is 10.8 Å². The van der Waals surface area contributed by atoms with E-state index in [-0.39, 0.29) is 36.2 Å². The van der Waals surface area contributed by atoms with E-state index in [1.54, 1.807) is 9.80 Å². The zero-order chi connectivity index (χ0) is 39.4. The first-order chi connectivity index (χ1) is 26.4. The van der Waals surface area contributed by atoms with E-state index >= 15 is 0 Å². The van der Waals surface area contributed by atoms with Crippen LogP contribution in [0, 0.1) is 10.8 Å². The molecule has 0 spiro atoms. The van der Waals surface area contributed by atoms with Crippen molar-refractivity contribution in [2.24, 2.45) is 10.8 Å². The molecule has 2 heterocycles. The first-order valence-electron chi connectivity index (χ1n) is 20.1. The quantitative estimate of drug-likeness (QED) is 0.192. The van der Waals surface area contributed by atoms with Gasteiger partial charge in [0, 0.05) is 70.6 Å². The van der Waals surface area contributed by atoms with E-state index in [1.807, 2.05) is 99.3 Å². The number of urea groups is 1. The van der Waals surface area contributed by atoms with Crippen molar-refractivity contribution in [2.75, 3.05) is 52.4 Å². The molecule has 5 rings (SSSR count). The summed E-state index contributed by atoms with van der Waals surface area (Å²) in [5.74, 6) is -0.156. The van der Waals surface area contributed by atoms with Crippen LogP contribution in [0.3, 0.4) is 0 Å². The summed E-state index contributed by atoms with van der Waals surface area (Å²) in [6, 6.07) is 22.9. The van der Waals surface area contributed by atoms with Gasteiger partial charge in [-0.25, -0.2) is 4.79 Å². The summed E-state index contributed by atoms with van der Waals surface area (Å²) >= 11 is 0. The molecule has 2 aliphatic heterocycles. The Labute approximate surface area is 326 Å². The lowest BCUT2D eigenvalue weighted by Gasteiger charge is -2.43. The number of nitrogens with zero attached hydrogens (tertiary/aromatic N) is 3. The number of piperazine rings is 1. The summed E-state index contributed by atoms with van der Waals surface area (Å²) in [4.78, 5) is 72.5. The molecule has 2 saturated heterocycles. The SMILES string of the molecule is CCNC(=O)[C@]1(Cc2ccccc2)CCCN(C(=O)C(Cc2ccc3ccccc3c2)NC(=O)N2CCN(C(=O)CCCCCNC(=O)C(C)(C)C)CC2)C1. The molecule has 0 bridgehead atoms. The van der Waals surface area contributed by atoms with Crippen LogP contribution in [0.15, 0.2) is 72.8 Å². The first kappa shape index (κ1) is 41.2. The van der Waals surface area contributed by atoms with Gasteiger partial charge in [0.05, 0.1) is 5.41 Å². The van der Waals surface area contributed by atoms with Gasteiger partial charge in [0.1, 0.15) is 6.04 Å². The van der Waals surface area contributed by atoms with E-state index in [4.69, 9.17) is 0 Å². The van der Waals surface area contributed by atoms with Crippen molar-refractivity contribution >= 4 is 40.4 Å². The van der Waals surface area contributed by atoms with Crippen LogP contribution in [-0.4, -0.2) is 103 Å². The van der Waals surface area contributed by atoms with Gasteiger partial charge < -0.3 is 30.7 Å². The van der Waals surface area contributed by atoms with E-state index < -0.39 is 16.9 Å². The maximum Gasteiger partial charge on any atom is 0.318 e. The Morgan fingerprint density at radius 3 is 2.15 bits per heavy atom. The second-order valence-corrected chi connectivity index (χ2v) is 16.2. The van der Waals surface area contributed by atoms with Crippen molar-refractivity contribution < 1.29 is 24.0 Å². The van der Waals surface area contributed by atoms with Gasteiger partial charge in [-0.15, -0.1) is 0 Å². The van der Waals surface area contributed by atoms with E-state index in [9.17, 15) is 24.0 Å². The second-order valence-electron chi connectivity index (χ2n) is 16.2. The van der Waals surface area contributed by atoms with Crippen LogP contribution in [0.2, 0.25) is 0 Å². The third kappa shape index (κ3) is 11.3. The fourth-order valence-corrected chi connectivity index (χ4v) is 7.69. The van der Waals surface area contributed by atoms with E-state index in [1.165, 1.54) is 0 Å². The Bertz CT molecular complexity index is 1780. The Morgan fingerprint density at radius 1 is 0.745 bits per heavy atom. The Kier molecular flexibility index (Phi) is 14.3. The molecule has 11 nitrogen and oxygen atoms in total. The number of hydrogen-bond donors (Lipinski definition) is 3. The predicted molar refractivity (Wildman–Crippen MR) is 216 cm³/mol. The molecule has 11 heteroatoms. The average Bonchev–Trinajstić information content (AvgIpc) is 3.18. The van der Waals surface area contributed by atoms with Crippen LogP contribution in [0.5, 0.6) is 0 Å². The summed E-state index contributed by atoms with van der Waals surface area (Å²) in [5, 5.41) is 11.2. The van der Waals surface area contributed by atoms with Crippen molar-refractivity contribution in [3.63, 3.8) is 0 Å². The molecule has 0 aliphatic carbocycles. The highest BCUT2D eigenvalue weighted by Crippen LogP contribution is 2.35. The van der Waals surface area contributed by atoms with Gasteiger partial charge in [0.2, 0.25) is 23.6 Å². The van der Waals surface area contributed by atoms with Gasteiger partial charge in [-0.2, -0.15) is 0 Å². The monoisotopic (exact) mass is 752 g/mol. The van der Waals surface area contributed by atoms with Crippen molar-refractivity contribution in [3.8, 4) is 0 Å². The third-order valence-corrected chi connectivity index (χ3v) is 10.9. The number of carbonyl (C=O) groups excluding carboxylic acids is 5. The summed E-state index contributed by atoms with van der Waals surface area (Å²) in [6.07, 6.45) is 5.00. The first-order valence-corrected chi connectivity index (χ1v) is 20.1. The average molecular weight is 753 g/mol. The molecule has 0 saturated carbocycles. The summed E-state index contributed by atoms with van der Waals surface area (Å²) in [5.41, 5.74) is 0.774. The molecule has 296 valence electrons. The number of amides is 6. The van der Waals surface area contributed by atoms with Crippen LogP contribution in [0.1, 0.15) is 77.3 Å². The highest BCUT2D eigenvalue weighted by molar-refractivity contribution is 5.90. The lowest BCUT2D eigenvalue weighted by Crippen LogP contribution is -2.60. The zero-order valence-corrected chi connectivity index (χ0v) is 33.2. The number of unbranched alkanes of at least 4 members (excludes halogenated alkanes) is 2. The maximum atomic E-state index is 14.6. The van der Waals surface area contributed by atoms with Gasteiger partial charge >= 0.3 is 6.03 Å². The predicted octanol–water partition coefficient (Wildman–Crippen LogP) is 5.32. The fraction of sp³-hybridized carbons (Fsp3) is 0.523. The normalized spacial score (nSPS) is 18.1. The number of likely N-dealkylation sites (tertiary alicyclic amines) is 1. The number of fused-ring (bicyclic) bond motifs is 1. The van der Waals surface area contributed by atoms with E-state index in [0.717, 1.165) is 41.2 Å². The smallest absolute Gasteiger partial charge is 0.318 e. The lowest BCUT2D eigenvalue weighted by molar-refractivity contribution is -0.143. The standard InChI is InChI=1S/C44H60N6O5/c1-5-45-41(54)44(31-33-15-8-6-9-16-33)22-14-24-50(32-44)39(52)37(30-34-20-21-35-17-11-12-18-36(35)29-34)47-42(55)49-27-25-48(26-28-49)38(51)19-10-7-13-23-46-40(53)43(2,3)4/h6,8-9,11-12,15-18,20-21,29,37H,5,7,10,13-14,19,22-28,30-32H2,1-4H3,(H,45,54)(H,46,53)(H,47,55)/t37?,44-/m0/s1. The number of piperidine rings is 1.